The molecule has 2 aromatic heterocycles. The summed E-state index contributed by atoms with van der Waals surface area (Å²) in [6.45, 7) is 0. The number of nitrogens with zero attached hydrogens (tertiary/aromatic N) is 1. The van der Waals surface area contributed by atoms with Crippen LogP contribution in [-0.4, -0.2) is 32.6 Å². The summed E-state index contributed by atoms with van der Waals surface area (Å²) in [7, 11) is 0. The summed E-state index contributed by atoms with van der Waals surface area (Å²) in [5.41, 5.74) is 7.10. The van der Waals surface area contributed by atoms with Crippen molar-refractivity contribution in [1.82, 2.24) is 9.97 Å². The number of carbonyl (C=O) groups is 1. The predicted octanol–water partition coefficient (Wildman–Crippen LogP) is 2.01. The maximum Gasteiger partial charge on any atom is 0.252 e. The Bertz CT molecular complexity index is 814. The molecule has 4 aliphatic rings. The van der Waals surface area contributed by atoms with Gasteiger partial charge in [-0.25, -0.2) is 4.98 Å². The fraction of sp³-hybridized carbons (Fsp3) is 0.556. The van der Waals surface area contributed by atoms with Gasteiger partial charge in [-0.15, -0.1) is 0 Å². The Balaban J connectivity index is 1.54. The summed E-state index contributed by atoms with van der Waals surface area (Å²) in [6.07, 6.45) is 8.42. The molecule has 4 aliphatic carbocycles. The molecule has 4 bridgehead atoms. The first-order chi connectivity index (χ1) is 11.5. The molecule has 2 aromatic rings. The van der Waals surface area contributed by atoms with Gasteiger partial charge >= 0.3 is 0 Å². The van der Waals surface area contributed by atoms with Crippen molar-refractivity contribution in [3.63, 3.8) is 0 Å². The zero-order valence-electron chi connectivity index (χ0n) is 13.5. The molecular weight excluding hydrogens is 304 g/mol. The highest BCUT2D eigenvalue weighted by Gasteiger charge is 2.54. The number of nitrogens with two attached hydrogens (primary N) is 1. The van der Waals surface area contributed by atoms with Crippen LogP contribution in [0.1, 0.15) is 42.5 Å². The first kappa shape index (κ1) is 14.3. The first-order valence-electron chi connectivity index (χ1n) is 8.77. The number of hydrogen-bond acceptors (Lipinski definition) is 4. The molecule has 126 valence electrons. The summed E-state index contributed by atoms with van der Waals surface area (Å²) in [6, 6.07) is 2.22. The van der Waals surface area contributed by atoms with E-state index in [1.807, 2.05) is 12.3 Å². The van der Waals surface area contributed by atoms with Gasteiger partial charge in [0.2, 0.25) is 0 Å². The van der Waals surface area contributed by atoms with Gasteiger partial charge in [0.1, 0.15) is 5.65 Å². The molecule has 2 heterocycles. The van der Waals surface area contributed by atoms with E-state index in [9.17, 15) is 9.90 Å². The molecule has 4 saturated carbocycles. The van der Waals surface area contributed by atoms with Crippen LogP contribution >= 0.6 is 0 Å². The van der Waals surface area contributed by atoms with E-state index < -0.39 is 11.5 Å². The summed E-state index contributed by atoms with van der Waals surface area (Å²) in [4.78, 5) is 19.3. The highest BCUT2D eigenvalue weighted by atomic mass is 16.3. The van der Waals surface area contributed by atoms with Crippen molar-refractivity contribution in [2.45, 2.75) is 43.7 Å². The lowest BCUT2D eigenvalue weighted by molar-refractivity contribution is -0.129. The number of primary amides is 1. The van der Waals surface area contributed by atoms with Crippen LogP contribution in [0.3, 0.4) is 0 Å². The maximum atomic E-state index is 11.9. The second-order valence-electron chi connectivity index (χ2n) is 8.02. The molecular formula is C18H22N4O2. The van der Waals surface area contributed by atoms with E-state index >= 15 is 0 Å². The Labute approximate surface area is 139 Å². The van der Waals surface area contributed by atoms with E-state index in [4.69, 9.17) is 5.73 Å². The van der Waals surface area contributed by atoms with E-state index in [0.717, 1.165) is 36.0 Å². The highest BCUT2D eigenvalue weighted by molar-refractivity contribution is 6.06. The monoisotopic (exact) mass is 326 g/mol. The fourth-order valence-electron chi connectivity index (χ4n) is 5.73. The SMILES string of the molecule is NC(=O)c1cnc2[nH]ccc2c1N[C@H]1[C@@H]2C[C@H]3C[C@H]1C[C@@](O)(C3)C2. The van der Waals surface area contributed by atoms with Crippen molar-refractivity contribution in [1.29, 1.82) is 0 Å². The summed E-state index contributed by atoms with van der Waals surface area (Å²) < 4.78 is 0. The Kier molecular flexibility index (Phi) is 2.81. The number of carbonyl (C=O) groups excluding carboxylic acids is 1. The lowest BCUT2D eigenvalue weighted by Crippen LogP contribution is -2.59. The zero-order valence-corrected chi connectivity index (χ0v) is 13.5. The Morgan fingerprint density at radius 2 is 2.08 bits per heavy atom. The van der Waals surface area contributed by atoms with Crippen LogP contribution in [0.5, 0.6) is 0 Å². The van der Waals surface area contributed by atoms with Crippen molar-refractivity contribution in [2.75, 3.05) is 5.32 Å². The van der Waals surface area contributed by atoms with Crippen LogP contribution in [0.15, 0.2) is 18.5 Å². The third kappa shape index (κ3) is 1.99. The van der Waals surface area contributed by atoms with Crippen LogP contribution in [0.2, 0.25) is 0 Å². The molecule has 0 unspecified atom stereocenters. The van der Waals surface area contributed by atoms with Crippen LogP contribution in [-0.2, 0) is 0 Å². The lowest BCUT2D eigenvalue weighted by atomic mass is 9.52. The molecule has 0 spiro atoms. The van der Waals surface area contributed by atoms with Gasteiger partial charge in [0.25, 0.3) is 5.91 Å². The minimum absolute atomic E-state index is 0.292. The summed E-state index contributed by atoms with van der Waals surface area (Å²) >= 11 is 0. The number of aromatic nitrogens is 2. The lowest BCUT2D eigenvalue weighted by Gasteiger charge is -2.58. The smallest absolute Gasteiger partial charge is 0.252 e. The molecule has 5 N–H and O–H groups in total. The second-order valence-corrected chi connectivity index (χ2v) is 8.02. The largest absolute Gasteiger partial charge is 0.390 e. The number of aromatic amines is 1. The average Bonchev–Trinajstić information content (AvgIpc) is 2.97. The molecule has 1 amide bonds. The molecule has 5 atom stereocenters. The van der Waals surface area contributed by atoms with Crippen LogP contribution in [0, 0.1) is 17.8 Å². The van der Waals surface area contributed by atoms with E-state index in [1.54, 1.807) is 6.20 Å². The number of anilines is 1. The Morgan fingerprint density at radius 3 is 2.75 bits per heavy atom. The minimum Gasteiger partial charge on any atom is -0.390 e. The molecule has 0 aliphatic heterocycles. The van der Waals surface area contributed by atoms with E-state index in [2.05, 4.69) is 15.3 Å². The van der Waals surface area contributed by atoms with Gasteiger partial charge in [0.05, 0.1) is 16.9 Å². The standard InChI is InChI=1S/C18H22N4O2/c19-16(23)13-8-21-17-12(1-2-20-17)15(13)22-14-10-3-9-4-11(14)7-18(24,5-9)6-10/h1-2,8-11,14,24H,3-7H2,(H2,19,23)(H2,20,21,22)/t9-,10+,11-,14-,18+. The van der Waals surface area contributed by atoms with Crippen molar-refractivity contribution < 1.29 is 9.90 Å². The van der Waals surface area contributed by atoms with E-state index in [1.165, 1.54) is 12.8 Å². The van der Waals surface area contributed by atoms with Crippen LogP contribution < -0.4 is 11.1 Å². The van der Waals surface area contributed by atoms with Gasteiger partial charge in [-0.05, 0) is 55.9 Å². The third-order valence-electron chi connectivity index (χ3n) is 6.40. The third-order valence-corrected chi connectivity index (χ3v) is 6.40. The number of rotatable bonds is 3. The quantitative estimate of drug-likeness (QED) is 0.692. The summed E-state index contributed by atoms with van der Waals surface area (Å²) in [5, 5.41) is 15.3. The molecule has 0 aromatic carbocycles. The molecule has 0 radical (unpaired) electrons. The number of fused-ring (bicyclic) bond motifs is 1. The number of hydrogen-bond donors (Lipinski definition) is 4. The number of nitrogens with one attached hydrogen (secondary N) is 2. The Hall–Kier alpha value is -2.08. The molecule has 6 rings (SSSR count). The van der Waals surface area contributed by atoms with Crippen molar-refractivity contribution in [3.05, 3.63) is 24.0 Å². The highest BCUT2D eigenvalue weighted by Crippen LogP contribution is 2.56. The minimum atomic E-state index is -0.462. The first-order valence-corrected chi connectivity index (χ1v) is 8.77. The van der Waals surface area contributed by atoms with Gasteiger partial charge in [-0.3, -0.25) is 4.79 Å². The number of pyridine rings is 1. The zero-order chi connectivity index (χ0) is 16.5. The average molecular weight is 326 g/mol. The van der Waals surface area contributed by atoms with Gasteiger partial charge in [0.15, 0.2) is 0 Å². The van der Waals surface area contributed by atoms with Crippen LogP contribution in [0.25, 0.3) is 11.0 Å². The van der Waals surface area contributed by atoms with Gasteiger partial charge in [0, 0.05) is 23.8 Å². The van der Waals surface area contributed by atoms with Crippen molar-refractivity contribution in [3.8, 4) is 0 Å². The molecule has 6 heteroatoms. The van der Waals surface area contributed by atoms with Gasteiger partial charge in [-0.1, -0.05) is 0 Å². The molecule has 24 heavy (non-hydrogen) atoms. The number of H-pyrrole nitrogens is 1. The Morgan fingerprint density at radius 1 is 1.33 bits per heavy atom. The predicted molar refractivity (Wildman–Crippen MR) is 90.5 cm³/mol. The maximum absolute atomic E-state index is 11.9. The van der Waals surface area contributed by atoms with E-state index in [0.29, 0.717) is 29.4 Å². The van der Waals surface area contributed by atoms with Crippen LogP contribution in [0.4, 0.5) is 5.69 Å². The van der Waals surface area contributed by atoms with Gasteiger partial charge < -0.3 is 21.1 Å². The van der Waals surface area contributed by atoms with Crippen molar-refractivity contribution in [2.24, 2.45) is 23.5 Å². The van der Waals surface area contributed by atoms with Gasteiger partial charge in [-0.2, -0.15) is 0 Å². The normalized spacial score (nSPS) is 37.0. The summed E-state index contributed by atoms with van der Waals surface area (Å²) in [5.74, 6) is 1.12. The molecule has 0 saturated heterocycles. The number of aliphatic hydroxyl groups is 1. The topological polar surface area (TPSA) is 104 Å². The van der Waals surface area contributed by atoms with E-state index in [-0.39, 0.29) is 0 Å². The van der Waals surface area contributed by atoms with Crippen molar-refractivity contribution >= 4 is 22.6 Å². The second kappa shape index (κ2) is 4.72. The molecule has 4 fully saturated rings. The fourth-order valence-corrected chi connectivity index (χ4v) is 5.73. The molecule has 6 nitrogen and oxygen atoms in total. The number of amides is 1.